The largest absolute Gasteiger partial charge is 0.309 e. The Morgan fingerprint density at radius 3 is 2.54 bits per heavy atom. The number of hydrogen-bond donors (Lipinski definition) is 0. The van der Waals surface area contributed by atoms with Crippen molar-refractivity contribution in [2.45, 2.75) is 26.7 Å². The number of likely N-dealkylation sites (N-methyl/N-ethyl adjacent to an activating group) is 1. The predicted octanol–water partition coefficient (Wildman–Crippen LogP) is 4.57. The van der Waals surface area contributed by atoms with Crippen molar-refractivity contribution >= 4 is 16.8 Å². The Morgan fingerprint density at radius 2 is 1.85 bits per heavy atom. The van der Waals surface area contributed by atoms with Crippen LogP contribution < -0.4 is 0 Å². The standard InChI is InChI=1S/C23H28N2O/c1-17-10-11-22-21(14-17)20(12-13-24(3)4)16-25(22)23(26)18(2)15-19-8-6-5-7-9-19/h5-11,14,16,18H,12-13,15H2,1-4H3. The second-order valence-electron chi connectivity index (χ2n) is 7.53. The summed E-state index contributed by atoms with van der Waals surface area (Å²) in [4.78, 5) is 15.3. The van der Waals surface area contributed by atoms with Gasteiger partial charge in [0, 0.05) is 24.0 Å². The van der Waals surface area contributed by atoms with Gasteiger partial charge in [-0.2, -0.15) is 0 Å². The average Bonchev–Trinajstić information content (AvgIpc) is 2.97. The Labute approximate surface area is 156 Å². The van der Waals surface area contributed by atoms with E-state index in [0.29, 0.717) is 0 Å². The first kappa shape index (κ1) is 18.4. The lowest BCUT2D eigenvalue weighted by Gasteiger charge is -2.12. The van der Waals surface area contributed by atoms with Gasteiger partial charge in [-0.15, -0.1) is 0 Å². The van der Waals surface area contributed by atoms with Gasteiger partial charge in [0.2, 0.25) is 5.91 Å². The van der Waals surface area contributed by atoms with Crippen molar-refractivity contribution in [3.05, 3.63) is 71.4 Å². The number of hydrogen-bond acceptors (Lipinski definition) is 2. The number of nitrogens with zero attached hydrogens (tertiary/aromatic N) is 2. The molecule has 0 saturated carbocycles. The second kappa shape index (κ2) is 7.88. The normalized spacial score (nSPS) is 12.7. The number of rotatable bonds is 6. The third-order valence-electron chi connectivity index (χ3n) is 4.91. The molecule has 3 nitrogen and oxygen atoms in total. The molecule has 3 rings (SSSR count). The Bertz CT molecular complexity index is 893. The van der Waals surface area contributed by atoms with E-state index in [9.17, 15) is 4.79 Å². The van der Waals surface area contributed by atoms with Gasteiger partial charge in [0.05, 0.1) is 5.52 Å². The van der Waals surface area contributed by atoms with Gasteiger partial charge in [0.25, 0.3) is 0 Å². The lowest BCUT2D eigenvalue weighted by Crippen LogP contribution is -2.20. The maximum Gasteiger partial charge on any atom is 0.234 e. The molecule has 2 aromatic carbocycles. The van der Waals surface area contributed by atoms with Crippen LogP contribution in [-0.4, -0.2) is 36.0 Å². The first-order valence-corrected chi connectivity index (χ1v) is 9.29. The van der Waals surface area contributed by atoms with Crippen molar-refractivity contribution < 1.29 is 4.79 Å². The molecule has 3 heteroatoms. The van der Waals surface area contributed by atoms with E-state index in [4.69, 9.17) is 0 Å². The fourth-order valence-electron chi connectivity index (χ4n) is 3.43. The molecule has 0 fully saturated rings. The number of carbonyl (C=O) groups is 1. The van der Waals surface area contributed by atoms with Gasteiger partial charge < -0.3 is 4.90 Å². The van der Waals surface area contributed by atoms with Crippen LogP contribution in [0.3, 0.4) is 0 Å². The van der Waals surface area contributed by atoms with Crippen LogP contribution in [0, 0.1) is 12.8 Å². The highest BCUT2D eigenvalue weighted by atomic mass is 16.2. The number of aromatic nitrogens is 1. The molecule has 0 amide bonds. The highest BCUT2D eigenvalue weighted by Gasteiger charge is 2.19. The van der Waals surface area contributed by atoms with Crippen molar-refractivity contribution in [3.63, 3.8) is 0 Å². The molecule has 0 saturated heterocycles. The maximum absolute atomic E-state index is 13.2. The predicted molar refractivity (Wildman–Crippen MR) is 109 cm³/mol. The maximum atomic E-state index is 13.2. The lowest BCUT2D eigenvalue weighted by molar-refractivity contribution is 0.0850. The third kappa shape index (κ3) is 4.05. The summed E-state index contributed by atoms with van der Waals surface area (Å²) in [5.41, 5.74) is 4.70. The Balaban J connectivity index is 1.92. The second-order valence-corrected chi connectivity index (χ2v) is 7.53. The first-order chi connectivity index (χ1) is 12.5. The molecule has 136 valence electrons. The molecule has 1 unspecified atom stereocenters. The molecule has 0 radical (unpaired) electrons. The quantitative estimate of drug-likeness (QED) is 0.652. The minimum atomic E-state index is -0.0593. The van der Waals surface area contributed by atoms with Crippen LogP contribution in [0.15, 0.2) is 54.7 Å². The van der Waals surface area contributed by atoms with Crippen molar-refractivity contribution in [2.24, 2.45) is 5.92 Å². The van der Waals surface area contributed by atoms with E-state index in [1.54, 1.807) is 0 Å². The molecular formula is C23H28N2O. The van der Waals surface area contributed by atoms with E-state index in [1.165, 1.54) is 22.1 Å². The summed E-state index contributed by atoms with van der Waals surface area (Å²) in [5.74, 6) is 0.106. The molecule has 1 atom stereocenters. The zero-order valence-corrected chi connectivity index (χ0v) is 16.2. The number of carbonyl (C=O) groups excluding carboxylic acids is 1. The lowest BCUT2D eigenvalue weighted by atomic mass is 10.0. The van der Waals surface area contributed by atoms with Crippen LogP contribution in [-0.2, 0) is 12.8 Å². The topological polar surface area (TPSA) is 25.2 Å². The molecule has 1 heterocycles. The zero-order valence-electron chi connectivity index (χ0n) is 16.2. The van der Waals surface area contributed by atoms with Crippen molar-refractivity contribution in [2.75, 3.05) is 20.6 Å². The monoisotopic (exact) mass is 348 g/mol. The fourth-order valence-corrected chi connectivity index (χ4v) is 3.43. The van der Waals surface area contributed by atoms with Gasteiger partial charge in [-0.25, -0.2) is 0 Å². The molecular weight excluding hydrogens is 320 g/mol. The first-order valence-electron chi connectivity index (χ1n) is 9.29. The minimum Gasteiger partial charge on any atom is -0.309 e. The van der Waals surface area contributed by atoms with E-state index in [1.807, 2.05) is 29.7 Å². The van der Waals surface area contributed by atoms with Crippen molar-refractivity contribution in [1.82, 2.24) is 9.47 Å². The summed E-state index contributed by atoms with van der Waals surface area (Å²) in [6.45, 7) is 5.10. The van der Waals surface area contributed by atoms with Crippen LogP contribution in [0.5, 0.6) is 0 Å². The third-order valence-corrected chi connectivity index (χ3v) is 4.91. The molecule has 1 aromatic heterocycles. The minimum absolute atomic E-state index is 0.0593. The van der Waals surface area contributed by atoms with E-state index in [0.717, 1.165) is 24.9 Å². The van der Waals surface area contributed by atoms with E-state index >= 15 is 0 Å². The Morgan fingerprint density at radius 1 is 1.12 bits per heavy atom. The summed E-state index contributed by atoms with van der Waals surface area (Å²) in [7, 11) is 4.16. The van der Waals surface area contributed by atoms with Gasteiger partial charge in [0.1, 0.15) is 0 Å². The van der Waals surface area contributed by atoms with E-state index < -0.39 is 0 Å². The zero-order chi connectivity index (χ0) is 18.7. The van der Waals surface area contributed by atoms with Crippen LogP contribution in [0.25, 0.3) is 10.9 Å². The number of fused-ring (bicyclic) bond motifs is 1. The number of aryl methyl sites for hydroxylation is 1. The summed E-state index contributed by atoms with van der Waals surface area (Å²) < 4.78 is 1.87. The molecule has 0 aliphatic carbocycles. The van der Waals surface area contributed by atoms with Gasteiger partial charge in [-0.3, -0.25) is 9.36 Å². The SMILES string of the molecule is Cc1ccc2c(c1)c(CCN(C)C)cn2C(=O)C(C)Cc1ccccc1. The van der Waals surface area contributed by atoms with Crippen LogP contribution >= 0.6 is 0 Å². The van der Waals surface area contributed by atoms with Gasteiger partial charge >= 0.3 is 0 Å². The molecule has 0 spiro atoms. The van der Waals surface area contributed by atoms with Crippen molar-refractivity contribution in [3.8, 4) is 0 Å². The smallest absolute Gasteiger partial charge is 0.234 e. The van der Waals surface area contributed by atoms with Crippen LogP contribution in [0.4, 0.5) is 0 Å². The molecule has 0 bridgehead atoms. The fraction of sp³-hybridized carbons (Fsp3) is 0.348. The molecule has 0 N–H and O–H groups in total. The average molecular weight is 348 g/mol. The van der Waals surface area contributed by atoms with Gasteiger partial charge in [-0.1, -0.05) is 48.9 Å². The molecule has 0 aliphatic heterocycles. The van der Waals surface area contributed by atoms with Crippen molar-refractivity contribution in [1.29, 1.82) is 0 Å². The van der Waals surface area contributed by atoms with E-state index in [2.05, 4.69) is 62.4 Å². The van der Waals surface area contributed by atoms with E-state index in [-0.39, 0.29) is 11.8 Å². The highest BCUT2D eigenvalue weighted by molar-refractivity contribution is 5.95. The summed E-state index contributed by atoms with van der Waals surface area (Å²) >= 11 is 0. The summed E-state index contributed by atoms with van der Waals surface area (Å²) in [5, 5.41) is 1.20. The summed E-state index contributed by atoms with van der Waals surface area (Å²) in [6, 6.07) is 16.6. The molecule has 0 aliphatic rings. The molecule has 3 aromatic rings. The highest BCUT2D eigenvalue weighted by Crippen LogP contribution is 2.25. The van der Waals surface area contributed by atoms with Gasteiger partial charge in [0.15, 0.2) is 0 Å². The Kier molecular flexibility index (Phi) is 5.58. The van der Waals surface area contributed by atoms with Crippen LogP contribution in [0.2, 0.25) is 0 Å². The van der Waals surface area contributed by atoms with Crippen LogP contribution in [0.1, 0.15) is 28.4 Å². The number of benzene rings is 2. The summed E-state index contributed by atoms with van der Waals surface area (Å²) in [6.07, 6.45) is 3.76. The Hall–Kier alpha value is -2.39. The molecule has 26 heavy (non-hydrogen) atoms. The van der Waals surface area contributed by atoms with Gasteiger partial charge in [-0.05, 0) is 57.1 Å².